The Morgan fingerprint density at radius 3 is 3.00 bits per heavy atom. The summed E-state index contributed by atoms with van der Waals surface area (Å²) in [5.74, 6) is 0.650. The Bertz CT molecular complexity index is 424. The van der Waals surface area contributed by atoms with Gasteiger partial charge in [0.15, 0.2) is 0 Å². The smallest absolute Gasteiger partial charge is 0.250 e. The fourth-order valence-corrected chi connectivity index (χ4v) is 2.07. The molecule has 1 amide bonds. The van der Waals surface area contributed by atoms with E-state index in [1.54, 1.807) is 0 Å². The average molecular weight is 287 g/mol. The summed E-state index contributed by atoms with van der Waals surface area (Å²) in [6, 6.07) is 7.69. The highest BCUT2D eigenvalue weighted by molar-refractivity contribution is 5.85. The molecule has 5 nitrogen and oxygen atoms in total. The molecule has 0 aromatic heterocycles. The molecule has 1 aliphatic heterocycles. The van der Waals surface area contributed by atoms with Gasteiger partial charge in [-0.1, -0.05) is 18.2 Å². The van der Waals surface area contributed by atoms with E-state index in [-0.39, 0.29) is 30.9 Å². The van der Waals surface area contributed by atoms with Crippen LogP contribution in [0.25, 0.3) is 0 Å². The highest BCUT2D eigenvalue weighted by Gasteiger charge is 2.25. The molecule has 0 bridgehead atoms. The predicted octanol–water partition coefficient (Wildman–Crippen LogP) is 1.02. The number of rotatable bonds is 4. The monoisotopic (exact) mass is 286 g/mol. The maximum absolute atomic E-state index is 11.9. The third-order valence-corrected chi connectivity index (χ3v) is 3.07. The molecular weight excluding hydrogens is 268 g/mol. The summed E-state index contributed by atoms with van der Waals surface area (Å²) in [6.45, 7) is 0.773. The van der Waals surface area contributed by atoms with Gasteiger partial charge in [0.05, 0.1) is 12.6 Å². The number of ether oxygens (including phenoxy) is 2. The van der Waals surface area contributed by atoms with Crippen molar-refractivity contribution in [1.82, 2.24) is 5.32 Å². The minimum Gasteiger partial charge on any atom is -0.493 e. The molecule has 1 heterocycles. The summed E-state index contributed by atoms with van der Waals surface area (Å²) >= 11 is 0. The summed E-state index contributed by atoms with van der Waals surface area (Å²) in [5.41, 5.74) is 6.48. The molecule has 1 aromatic rings. The molecule has 0 aliphatic carbocycles. The zero-order chi connectivity index (χ0) is 13.0. The number of carbonyl (C=O) groups excluding carboxylic acids is 1. The van der Waals surface area contributed by atoms with E-state index in [1.807, 2.05) is 24.3 Å². The first kappa shape index (κ1) is 15.8. The summed E-state index contributed by atoms with van der Waals surface area (Å²) < 4.78 is 10.6. The summed E-state index contributed by atoms with van der Waals surface area (Å²) in [4.78, 5) is 11.9. The van der Waals surface area contributed by atoms with Crippen LogP contribution in [0.3, 0.4) is 0 Å². The van der Waals surface area contributed by atoms with Crippen molar-refractivity contribution in [1.29, 1.82) is 0 Å². The molecule has 0 radical (unpaired) electrons. The van der Waals surface area contributed by atoms with E-state index in [9.17, 15) is 4.79 Å². The van der Waals surface area contributed by atoms with Gasteiger partial charge in [0.25, 0.3) is 5.91 Å². The Balaban J connectivity index is 0.00000180. The number of carbonyl (C=O) groups is 1. The van der Waals surface area contributed by atoms with Gasteiger partial charge in [-0.05, 0) is 6.07 Å². The lowest BCUT2D eigenvalue weighted by atomic mass is 10.0. The van der Waals surface area contributed by atoms with Crippen molar-refractivity contribution < 1.29 is 14.3 Å². The second kappa shape index (κ2) is 7.33. The number of benzene rings is 1. The number of methoxy groups -OCH3 is 1. The van der Waals surface area contributed by atoms with E-state index < -0.39 is 6.10 Å². The third kappa shape index (κ3) is 3.59. The van der Waals surface area contributed by atoms with Crippen molar-refractivity contribution in [3.63, 3.8) is 0 Å². The van der Waals surface area contributed by atoms with E-state index >= 15 is 0 Å². The number of nitrogens with one attached hydrogen (secondary N) is 1. The van der Waals surface area contributed by atoms with Crippen molar-refractivity contribution in [2.75, 3.05) is 20.3 Å². The van der Waals surface area contributed by atoms with E-state index in [0.29, 0.717) is 6.61 Å². The van der Waals surface area contributed by atoms with Crippen LogP contribution in [0.4, 0.5) is 0 Å². The van der Waals surface area contributed by atoms with Gasteiger partial charge in [0.1, 0.15) is 11.9 Å². The Hall–Kier alpha value is -1.30. The van der Waals surface area contributed by atoms with Gasteiger partial charge in [0, 0.05) is 25.6 Å². The highest BCUT2D eigenvalue weighted by atomic mass is 35.5. The number of nitrogens with two attached hydrogens (primary N) is 1. The SMILES string of the molecule is COC(CN)C(=O)NC1CCOc2ccccc21.Cl. The topological polar surface area (TPSA) is 73.6 Å². The van der Waals surface area contributed by atoms with Gasteiger partial charge in [-0.15, -0.1) is 12.4 Å². The van der Waals surface area contributed by atoms with E-state index in [4.69, 9.17) is 15.2 Å². The van der Waals surface area contributed by atoms with Crippen molar-refractivity contribution >= 4 is 18.3 Å². The molecular formula is C13H19ClN2O3. The first-order chi connectivity index (χ1) is 8.76. The van der Waals surface area contributed by atoms with Crippen LogP contribution in [-0.2, 0) is 9.53 Å². The molecule has 1 aromatic carbocycles. The van der Waals surface area contributed by atoms with Crippen LogP contribution in [0.15, 0.2) is 24.3 Å². The average Bonchev–Trinajstić information content (AvgIpc) is 2.40. The molecule has 0 spiro atoms. The van der Waals surface area contributed by atoms with Gasteiger partial charge in [-0.2, -0.15) is 0 Å². The fourth-order valence-electron chi connectivity index (χ4n) is 2.07. The zero-order valence-electron chi connectivity index (χ0n) is 10.8. The number of hydrogen-bond donors (Lipinski definition) is 2. The number of hydrogen-bond acceptors (Lipinski definition) is 4. The lowest BCUT2D eigenvalue weighted by Crippen LogP contribution is -2.43. The van der Waals surface area contributed by atoms with Gasteiger partial charge in [0.2, 0.25) is 0 Å². The minimum absolute atomic E-state index is 0. The molecule has 2 rings (SSSR count). The van der Waals surface area contributed by atoms with E-state index in [2.05, 4.69) is 5.32 Å². The highest BCUT2D eigenvalue weighted by Crippen LogP contribution is 2.31. The largest absolute Gasteiger partial charge is 0.493 e. The van der Waals surface area contributed by atoms with Crippen molar-refractivity contribution in [3.05, 3.63) is 29.8 Å². The Morgan fingerprint density at radius 1 is 1.58 bits per heavy atom. The normalized spacial score (nSPS) is 18.5. The predicted molar refractivity (Wildman–Crippen MR) is 74.5 cm³/mol. The van der Waals surface area contributed by atoms with Gasteiger partial charge < -0.3 is 20.5 Å². The molecule has 0 saturated carbocycles. The molecule has 3 N–H and O–H groups in total. The first-order valence-corrected chi connectivity index (χ1v) is 6.01. The summed E-state index contributed by atoms with van der Waals surface area (Å²) in [5, 5.41) is 2.95. The number of fused-ring (bicyclic) bond motifs is 1. The fraction of sp³-hybridized carbons (Fsp3) is 0.462. The van der Waals surface area contributed by atoms with Crippen molar-refractivity contribution in [3.8, 4) is 5.75 Å². The van der Waals surface area contributed by atoms with E-state index in [0.717, 1.165) is 17.7 Å². The van der Waals surface area contributed by atoms with Crippen LogP contribution in [0, 0.1) is 0 Å². The summed E-state index contributed by atoms with van der Waals surface area (Å²) in [7, 11) is 1.48. The van der Waals surface area contributed by atoms with Gasteiger partial charge >= 0.3 is 0 Å². The number of para-hydroxylation sites is 1. The lowest BCUT2D eigenvalue weighted by molar-refractivity contribution is -0.131. The van der Waals surface area contributed by atoms with Gasteiger partial charge in [-0.3, -0.25) is 4.79 Å². The number of amides is 1. The first-order valence-electron chi connectivity index (χ1n) is 6.01. The van der Waals surface area contributed by atoms with Crippen LogP contribution in [0.5, 0.6) is 5.75 Å². The van der Waals surface area contributed by atoms with Crippen LogP contribution < -0.4 is 15.8 Å². The Labute approximate surface area is 118 Å². The van der Waals surface area contributed by atoms with Crippen LogP contribution in [-0.4, -0.2) is 32.3 Å². The van der Waals surface area contributed by atoms with Crippen LogP contribution in [0.1, 0.15) is 18.0 Å². The maximum Gasteiger partial charge on any atom is 0.250 e. The molecule has 1 aliphatic rings. The molecule has 0 fully saturated rings. The van der Waals surface area contributed by atoms with Crippen LogP contribution >= 0.6 is 12.4 Å². The van der Waals surface area contributed by atoms with Crippen LogP contribution in [0.2, 0.25) is 0 Å². The van der Waals surface area contributed by atoms with Crippen molar-refractivity contribution in [2.24, 2.45) is 5.73 Å². The Kier molecular flexibility index (Phi) is 6.08. The number of halogens is 1. The molecule has 2 atom stereocenters. The molecule has 0 saturated heterocycles. The quantitative estimate of drug-likeness (QED) is 0.867. The third-order valence-electron chi connectivity index (χ3n) is 3.07. The molecule has 2 unspecified atom stereocenters. The van der Waals surface area contributed by atoms with E-state index in [1.165, 1.54) is 7.11 Å². The lowest BCUT2D eigenvalue weighted by Gasteiger charge is -2.27. The second-order valence-corrected chi connectivity index (χ2v) is 4.20. The molecule has 6 heteroatoms. The van der Waals surface area contributed by atoms with Gasteiger partial charge in [-0.25, -0.2) is 0 Å². The zero-order valence-corrected chi connectivity index (χ0v) is 11.6. The second-order valence-electron chi connectivity index (χ2n) is 4.20. The standard InChI is InChI=1S/C13H18N2O3.ClH/c1-17-12(8-14)13(16)15-10-6-7-18-11-5-3-2-4-9(10)11;/h2-5,10,12H,6-8,14H2,1H3,(H,15,16);1H. The summed E-state index contributed by atoms with van der Waals surface area (Å²) in [6.07, 6.45) is 0.157. The molecule has 19 heavy (non-hydrogen) atoms. The maximum atomic E-state index is 11.9. The van der Waals surface area contributed by atoms with Crippen molar-refractivity contribution in [2.45, 2.75) is 18.6 Å². The molecule has 106 valence electrons. The Morgan fingerprint density at radius 2 is 2.32 bits per heavy atom. The minimum atomic E-state index is -0.597.